The molecule has 1 heterocycles. The van der Waals surface area contributed by atoms with Crippen LogP contribution in [0.1, 0.15) is 5.82 Å². The normalized spacial score (nSPS) is 11.6. The molecule has 0 saturated heterocycles. The number of aromatic nitrogens is 3. The van der Waals surface area contributed by atoms with Gasteiger partial charge >= 0.3 is 0 Å². The van der Waals surface area contributed by atoms with Gasteiger partial charge in [0.15, 0.2) is 0 Å². The summed E-state index contributed by atoms with van der Waals surface area (Å²) in [5.41, 5.74) is 5.75. The summed E-state index contributed by atoms with van der Waals surface area (Å²) < 4.78 is 26.6. The molecular weight excluding hydrogens is 290 g/mol. The number of aromatic amines is 1. The first kappa shape index (κ1) is 13.8. The van der Waals surface area contributed by atoms with Gasteiger partial charge in [0.1, 0.15) is 17.0 Å². The lowest BCUT2D eigenvalue weighted by Crippen LogP contribution is -2.27. The Kier molecular flexibility index (Phi) is 4.03. The minimum Gasteiger partial charge on any atom is -0.398 e. The molecule has 19 heavy (non-hydrogen) atoms. The number of nitrogens with zero attached hydrogens (tertiary/aromatic N) is 2. The zero-order chi connectivity index (χ0) is 13.9. The molecule has 0 radical (unpaired) electrons. The molecule has 4 N–H and O–H groups in total. The maximum Gasteiger partial charge on any atom is 0.244 e. The first-order valence-corrected chi connectivity index (χ1v) is 7.25. The van der Waals surface area contributed by atoms with Crippen molar-refractivity contribution in [2.24, 2.45) is 0 Å². The molecule has 0 spiro atoms. The van der Waals surface area contributed by atoms with Crippen molar-refractivity contribution >= 4 is 27.3 Å². The minimum absolute atomic E-state index is 0.0900. The van der Waals surface area contributed by atoms with Crippen molar-refractivity contribution < 1.29 is 8.42 Å². The number of halogens is 1. The molecule has 1 aromatic heterocycles. The number of hydrogen-bond acceptors (Lipinski definition) is 5. The molecule has 1 aromatic carbocycles. The zero-order valence-corrected chi connectivity index (χ0v) is 11.4. The standard InChI is InChI=1S/C10H12ClN5O2S/c11-7-2-1-3-8(12)10(7)19(17,18)15-5-4-9-13-6-14-16-9/h1-3,6,15H,4-5,12H2,(H,13,14,16). The molecule has 0 bridgehead atoms. The van der Waals surface area contributed by atoms with E-state index >= 15 is 0 Å². The highest BCUT2D eigenvalue weighted by atomic mass is 35.5. The number of anilines is 1. The maximum atomic E-state index is 12.1. The largest absolute Gasteiger partial charge is 0.398 e. The lowest BCUT2D eigenvalue weighted by atomic mass is 10.3. The van der Waals surface area contributed by atoms with Crippen LogP contribution < -0.4 is 10.5 Å². The molecule has 0 aliphatic heterocycles. The van der Waals surface area contributed by atoms with E-state index in [2.05, 4.69) is 19.9 Å². The van der Waals surface area contributed by atoms with Gasteiger partial charge < -0.3 is 5.73 Å². The van der Waals surface area contributed by atoms with Crippen LogP contribution in [0.3, 0.4) is 0 Å². The zero-order valence-electron chi connectivity index (χ0n) is 9.80. The van der Waals surface area contributed by atoms with Gasteiger partial charge in [0.2, 0.25) is 10.0 Å². The average molecular weight is 302 g/mol. The van der Waals surface area contributed by atoms with Gasteiger partial charge in [-0.05, 0) is 12.1 Å². The van der Waals surface area contributed by atoms with E-state index in [1.807, 2.05) is 0 Å². The van der Waals surface area contributed by atoms with Crippen LogP contribution in [0, 0.1) is 0 Å². The molecule has 2 rings (SSSR count). The predicted molar refractivity (Wildman–Crippen MR) is 71.1 cm³/mol. The third-order valence-corrected chi connectivity index (χ3v) is 4.39. The van der Waals surface area contributed by atoms with Crippen molar-refractivity contribution in [2.75, 3.05) is 12.3 Å². The molecule has 0 amide bonds. The number of nitrogens with one attached hydrogen (secondary N) is 2. The fraction of sp³-hybridized carbons (Fsp3) is 0.200. The minimum atomic E-state index is -3.74. The van der Waals surface area contributed by atoms with Gasteiger partial charge in [-0.2, -0.15) is 5.10 Å². The smallest absolute Gasteiger partial charge is 0.244 e. The van der Waals surface area contributed by atoms with Gasteiger partial charge in [0, 0.05) is 13.0 Å². The third kappa shape index (κ3) is 3.22. The second-order valence-corrected chi connectivity index (χ2v) is 5.85. The lowest BCUT2D eigenvalue weighted by molar-refractivity contribution is 0.581. The van der Waals surface area contributed by atoms with Crippen LogP contribution in [0.15, 0.2) is 29.4 Å². The molecule has 9 heteroatoms. The number of nitrogens with two attached hydrogens (primary N) is 1. The monoisotopic (exact) mass is 301 g/mol. The molecule has 102 valence electrons. The number of sulfonamides is 1. The highest BCUT2D eigenvalue weighted by Crippen LogP contribution is 2.26. The Balaban J connectivity index is 2.10. The Hall–Kier alpha value is -1.64. The van der Waals surface area contributed by atoms with Crippen molar-refractivity contribution in [3.8, 4) is 0 Å². The summed E-state index contributed by atoms with van der Waals surface area (Å²) in [4.78, 5) is 3.79. The fourth-order valence-electron chi connectivity index (χ4n) is 1.54. The summed E-state index contributed by atoms with van der Waals surface area (Å²) in [5, 5.41) is 6.40. The van der Waals surface area contributed by atoms with Crippen molar-refractivity contribution in [3.63, 3.8) is 0 Å². The molecule has 0 fully saturated rings. The van der Waals surface area contributed by atoms with E-state index in [0.29, 0.717) is 12.2 Å². The van der Waals surface area contributed by atoms with Crippen LogP contribution in [0.25, 0.3) is 0 Å². The van der Waals surface area contributed by atoms with Crippen molar-refractivity contribution in [2.45, 2.75) is 11.3 Å². The molecule has 0 saturated carbocycles. The van der Waals surface area contributed by atoms with E-state index in [0.717, 1.165) is 0 Å². The Morgan fingerprint density at radius 1 is 1.42 bits per heavy atom. The topological polar surface area (TPSA) is 114 Å². The summed E-state index contributed by atoms with van der Waals surface area (Å²) in [6.07, 6.45) is 1.75. The lowest BCUT2D eigenvalue weighted by Gasteiger charge is -2.09. The van der Waals surface area contributed by atoms with E-state index in [1.165, 1.54) is 18.5 Å². The number of nitrogen functional groups attached to an aromatic ring is 1. The predicted octanol–water partition coefficient (Wildman–Crippen LogP) is 0.561. The highest BCUT2D eigenvalue weighted by molar-refractivity contribution is 7.89. The second-order valence-electron chi connectivity index (χ2n) is 3.74. The highest BCUT2D eigenvalue weighted by Gasteiger charge is 2.20. The van der Waals surface area contributed by atoms with E-state index in [9.17, 15) is 8.42 Å². The second kappa shape index (κ2) is 5.55. The first-order valence-electron chi connectivity index (χ1n) is 5.38. The number of rotatable bonds is 5. The quantitative estimate of drug-likeness (QED) is 0.698. The SMILES string of the molecule is Nc1cccc(Cl)c1S(=O)(=O)NCCc1ncn[nH]1. The van der Waals surface area contributed by atoms with Crippen LogP contribution in [0.4, 0.5) is 5.69 Å². The van der Waals surface area contributed by atoms with Gasteiger partial charge in [0.05, 0.1) is 10.7 Å². The van der Waals surface area contributed by atoms with Gasteiger partial charge in [-0.15, -0.1) is 0 Å². The summed E-state index contributed by atoms with van der Waals surface area (Å²) >= 11 is 5.86. The molecule has 0 atom stereocenters. The summed E-state index contributed by atoms with van der Waals surface area (Å²) in [5.74, 6) is 0.592. The summed E-state index contributed by atoms with van der Waals surface area (Å²) in [6.45, 7) is 0.169. The Bertz CT molecular complexity index is 636. The fourth-order valence-corrected chi connectivity index (χ4v) is 3.24. The molecule has 0 unspecified atom stereocenters. The van der Waals surface area contributed by atoms with E-state index in [1.54, 1.807) is 6.07 Å². The van der Waals surface area contributed by atoms with Gasteiger partial charge in [0.25, 0.3) is 0 Å². The number of H-pyrrole nitrogens is 1. The third-order valence-electron chi connectivity index (χ3n) is 2.38. The van der Waals surface area contributed by atoms with E-state index in [4.69, 9.17) is 17.3 Å². The van der Waals surface area contributed by atoms with E-state index < -0.39 is 10.0 Å². The van der Waals surface area contributed by atoms with E-state index in [-0.39, 0.29) is 22.2 Å². The van der Waals surface area contributed by atoms with Crippen LogP contribution in [-0.2, 0) is 16.4 Å². The van der Waals surface area contributed by atoms with Crippen LogP contribution >= 0.6 is 11.6 Å². The van der Waals surface area contributed by atoms with Crippen molar-refractivity contribution in [3.05, 3.63) is 35.4 Å². The summed E-state index contributed by atoms with van der Waals surface area (Å²) in [6, 6.07) is 4.55. The Morgan fingerprint density at radius 3 is 2.84 bits per heavy atom. The molecular formula is C10H12ClN5O2S. The first-order chi connectivity index (χ1) is 9.00. The molecule has 0 aliphatic carbocycles. The van der Waals surface area contributed by atoms with Crippen LogP contribution in [0.5, 0.6) is 0 Å². The summed E-state index contributed by atoms with van der Waals surface area (Å²) in [7, 11) is -3.74. The molecule has 7 nitrogen and oxygen atoms in total. The van der Waals surface area contributed by atoms with Gasteiger partial charge in [-0.3, -0.25) is 5.10 Å². The maximum absolute atomic E-state index is 12.1. The van der Waals surface area contributed by atoms with Crippen LogP contribution in [-0.4, -0.2) is 30.1 Å². The number of hydrogen-bond donors (Lipinski definition) is 3. The average Bonchev–Trinajstić information content (AvgIpc) is 2.81. The van der Waals surface area contributed by atoms with Gasteiger partial charge in [-0.25, -0.2) is 18.1 Å². The van der Waals surface area contributed by atoms with Crippen LogP contribution in [0.2, 0.25) is 5.02 Å². The Morgan fingerprint density at radius 2 is 2.21 bits per heavy atom. The van der Waals surface area contributed by atoms with Crippen molar-refractivity contribution in [1.29, 1.82) is 0 Å². The molecule has 0 aliphatic rings. The van der Waals surface area contributed by atoms with Gasteiger partial charge in [-0.1, -0.05) is 17.7 Å². The Labute approximate surface area is 115 Å². The molecule has 2 aromatic rings. The van der Waals surface area contributed by atoms with Crippen molar-refractivity contribution in [1.82, 2.24) is 19.9 Å². The number of benzene rings is 1.